The Balaban J connectivity index is 2.14. The molecule has 0 N–H and O–H groups in total. The van der Waals surface area contributed by atoms with Gasteiger partial charge >= 0.3 is 21.0 Å². The molecule has 0 bridgehead atoms. The summed E-state index contributed by atoms with van der Waals surface area (Å²) in [4.78, 5) is 0. The zero-order chi connectivity index (χ0) is 17.8. The summed E-state index contributed by atoms with van der Waals surface area (Å²) in [5.41, 5.74) is 0.275. The van der Waals surface area contributed by atoms with Crippen LogP contribution in [0.25, 0.3) is 0 Å². The third-order valence-electron chi connectivity index (χ3n) is 2.40. The topological polar surface area (TPSA) is 83.6 Å². The van der Waals surface area contributed by atoms with Crippen LogP contribution < -0.4 is 0 Å². The summed E-state index contributed by atoms with van der Waals surface area (Å²) < 4.78 is 75.0. The van der Waals surface area contributed by atoms with Crippen molar-refractivity contribution in [3.05, 3.63) is 48.5 Å². The van der Waals surface area contributed by atoms with Gasteiger partial charge in [-0.05, 0) is 48.5 Å². The van der Waals surface area contributed by atoms with Gasteiger partial charge < -0.3 is 0 Å². The van der Waals surface area contributed by atoms with Gasteiger partial charge in [0.15, 0.2) is 0 Å². The van der Waals surface area contributed by atoms with E-state index in [0.29, 0.717) is 11.4 Å². The molecule has 128 valence electrons. The van der Waals surface area contributed by atoms with E-state index in [9.17, 15) is 24.0 Å². The fourth-order valence-corrected chi connectivity index (χ4v) is 2.26. The standard InChI is InChI=1S/C12H8F4N4O2S2/c13-23(14,21)19-11-5-1-9(2-6-11)17-18-10-3-7-12(8-4-10)20-24(15,16)22/h1-8H. The van der Waals surface area contributed by atoms with Gasteiger partial charge in [-0.25, -0.2) is 0 Å². The van der Waals surface area contributed by atoms with Crippen LogP contribution in [-0.2, 0) is 21.0 Å². The molecule has 0 aliphatic carbocycles. The van der Waals surface area contributed by atoms with E-state index in [0.717, 1.165) is 0 Å². The van der Waals surface area contributed by atoms with Crippen molar-refractivity contribution in [2.45, 2.75) is 0 Å². The van der Waals surface area contributed by atoms with Gasteiger partial charge in [-0.15, -0.1) is 8.73 Å². The van der Waals surface area contributed by atoms with Gasteiger partial charge in [-0.3, -0.25) is 0 Å². The molecule has 0 spiro atoms. The van der Waals surface area contributed by atoms with Gasteiger partial charge in [0.2, 0.25) is 0 Å². The van der Waals surface area contributed by atoms with Gasteiger partial charge in [0, 0.05) is 0 Å². The van der Waals surface area contributed by atoms with E-state index in [1.165, 1.54) is 48.5 Å². The highest BCUT2D eigenvalue weighted by Crippen LogP contribution is 2.25. The number of hydrogen-bond acceptors (Lipinski definition) is 6. The minimum absolute atomic E-state index is 0.170. The fraction of sp³-hybridized carbons (Fsp3) is 0. The summed E-state index contributed by atoms with van der Waals surface area (Å²) >= 11 is 0. The van der Waals surface area contributed by atoms with Crippen LogP contribution in [0, 0.1) is 0 Å². The van der Waals surface area contributed by atoms with E-state index in [2.05, 4.69) is 19.0 Å². The molecule has 2 aromatic rings. The summed E-state index contributed by atoms with van der Waals surface area (Å²) in [6.45, 7) is 0. The highest BCUT2D eigenvalue weighted by molar-refractivity contribution is 7.83. The number of halogens is 4. The Labute approximate surface area is 135 Å². The highest BCUT2D eigenvalue weighted by Gasteiger charge is 2.03. The van der Waals surface area contributed by atoms with E-state index in [1.54, 1.807) is 0 Å². The average Bonchev–Trinajstić information content (AvgIpc) is 2.45. The molecule has 0 unspecified atom stereocenters. The lowest BCUT2D eigenvalue weighted by atomic mass is 10.3. The number of hydrogen-bond donors (Lipinski definition) is 0. The summed E-state index contributed by atoms with van der Waals surface area (Å²) in [5.74, 6) is 0. The van der Waals surface area contributed by atoms with Crippen molar-refractivity contribution in [1.82, 2.24) is 0 Å². The Morgan fingerprint density at radius 3 is 1.04 bits per heavy atom. The maximum absolute atomic E-state index is 12.3. The fourth-order valence-electron chi connectivity index (χ4n) is 1.52. The van der Waals surface area contributed by atoms with Crippen LogP contribution in [0.3, 0.4) is 0 Å². The van der Waals surface area contributed by atoms with Crippen molar-refractivity contribution >= 4 is 43.8 Å². The van der Waals surface area contributed by atoms with Crippen LogP contribution in [-0.4, -0.2) is 8.42 Å². The second kappa shape index (κ2) is 7.05. The molecule has 24 heavy (non-hydrogen) atoms. The van der Waals surface area contributed by atoms with Gasteiger partial charge in [-0.1, -0.05) is 15.5 Å². The molecule has 0 aliphatic rings. The van der Waals surface area contributed by atoms with Crippen LogP contribution in [0.1, 0.15) is 0 Å². The lowest BCUT2D eigenvalue weighted by molar-refractivity contribution is 0.586. The summed E-state index contributed by atoms with van der Waals surface area (Å²) in [6, 6.07) is 10.1. The Kier molecular flexibility index (Phi) is 5.29. The largest absolute Gasteiger partial charge is 0.371 e. The van der Waals surface area contributed by atoms with Gasteiger partial charge in [0.25, 0.3) is 0 Å². The minimum Gasteiger partial charge on any atom is -0.180 e. The maximum Gasteiger partial charge on any atom is 0.371 e. The van der Waals surface area contributed by atoms with Gasteiger partial charge in [-0.2, -0.15) is 18.6 Å². The first-order chi connectivity index (χ1) is 11.1. The third-order valence-corrected chi connectivity index (χ3v) is 3.25. The van der Waals surface area contributed by atoms with E-state index in [-0.39, 0.29) is 11.4 Å². The number of nitrogens with zero attached hydrogens (tertiary/aromatic N) is 4. The summed E-state index contributed by atoms with van der Waals surface area (Å²) in [5, 5.41) is 7.62. The predicted molar refractivity (Wildman–Crippen MR) is 82.0 cm³/mol. The highest BCUT2D eigenvalue weighted by atomic mass is 32.3. The molecule has 0 saturated heterocycles. The maximum atomic E-state index is 12.3. The van der Waals surface area contributed by atoms with Crippen molar-refractivity contribution in [2.75, 3.05) is 0 Å². The van der Waals surface area contributed by atoms with Crippen molar-refractivity contribution in [3.63, 3.8) is 0 Å². The molecule has 12 heteroatoms. The van der Waals surface area contributed by atoms with Gasteiger partial charge in [0.1, 0.15) is 0 Å². The molecule has 0 radical (unpaired) electrons. The molecule has 0 amide bonds. The SMILES string of the molecule is O=S(F)(F)=Nc1ccc(N=Nc2ccc(N=S(=O)(F)F)cc2)cc1. The van der Waals surface area contributed by atoms with Crippen LogP contribution in [0.5, 0.6) is 0 Å². The molecule has 2 rings (SSSR count). The Hall–Kier alpha value is -2.34. The van der Waals surface area contributed by atoms with E-state index >= 15 is 0 Å². The summed E-state index contributed by atoms with van der Waals surface area (Å²) in [6.07, 6.45) is 0. The van der Waals surface area contributed by atoms with E-state index in [1.807, 2.05) is 0 Å². The Bertz CT molecular complexity index is 893. The Morgan fingerprint density at radius 2 is 0.792 bits per heavy atom. The normalized spacial score (nSPS) is 12.3. The lowest BCUT2D eigenvalue weighted by Crippen LogP contribution is -1.75. The molecule has 0 heterocycles. The zero-order valence-corrected chi connectivity index (χ0v) is 13.2. The van der Waals surface area contributed by atoms with Crippen LogP contribution in [0.2, 0.25) is 0 Å². The second-order valence-corrected chi connectivity index (χ2v) is 6.16. The summed E-state index contributed by atoms with van der Waals surface area (Å²) in [7, 11) is -10.4. The van der Waals surface area contributed by atoms with Crippen molar-refractivity contribution < 1.29 is 24.0 Å². The van der Waals surface area contributed by atoms with Crippen LogP contribution in [0.4, 0.5) is 38.3 Å². The first-order valence-corrected chi connectivity index (χ1v) is 8.68. The average molecular weight is 380 g/mol. The molecule has 0 atom stereocenters. The number of rotatable bonds is 4. The molecule has 0 aliphatic heterocycles. The lowest BCUT2D eigenvalue weighted by Gasteiger charge is -1.96. The van der Waals surface area contributed by atoms with Gasteiger partial charge in [0.05, 0.1) is 22.7 Å². The minimum atomic E-state index is -5.22. The predicted octanol–water partition coefficient (Wildman–Crippen LogP) is 5.84. The van der Waals surface area contributed by atoms with Crippen LogP contribution in [0.15, 0.2) is 67.5 Å². The second-order valence-electron chi connectivity index (χ2n) is 4.21. The molecule has 6 nitrogen and oxygen atoms in total. The zero-order valence-electron chi connectivity index (χ0n) is 11.6. The monoisotopic (exact) mass is 380 g/mol. The number of azo groups is 1. The third kappa shape index (κ3) is 6.42. The molecule has 0 aromatic heterocycles. The van der Waals surface area contributed by atoms with Crippen molar-refractivity contribution in [1.29, 1.82) is 0 Å². The van der Waals surface area contributed by atoms with Crippen molar-refractivity contribution in [3.8, 4) is 0 Å². The van der Waals surface area contributed by atoms with Crippen LogP contribution >= 0.6 is 0 Å². The molecule has 0 fully saturated rings. The molecular formula is C12H8F4N4O2S2. The first kappa shape index (κ1) is 18.0. The first-order valence-electron chi connectivity index (χ1n) is 6.05. The molecule has 2 aromatic carbocycles. The smallest absolute Gasteiger partial charge is 0.180 e. The molecule has 0 saturated carbocycles. The van der Waals surface area contributed by atoms with Crippen molar-refractivity contribution in [2.24, 2.45) is 19.0 Å². The van der Waals surface area contributed by atoms with E-state index < -0.39 is 21.0 Å². The van der Waals surface area contributed by atoms with E-state index in [4.69, 9.17) is 0 Å². The quantitative estimate of drug-likeness (QED) is 0.379. The molecular weight excluding hydrogens is 372 g/mol. The Morgan fingerprint density at radius 1 is 0.542 bits per heavy atom. The number of benzene rings is 2.